The number of nitrogens with one attached hydrogen (secondary N) is 1. The van der Waals surface area contributed by atoms with Gasteiger partial charge in [0, 0.05) is 44.2 Å². The van der Waals surface area contributed by atoms with Gasteiger partial charge >= 0.3 is 12.0 Å². The Labute approximate surface area is 270 Å². The van der Waals surface area contributed by atoms with Crippen LogP contribution >= 0.6 is 0 Å². The molecule has 2 amide bonds. The molecule has 0 bridgehead atoms. The van der Waals surface area contributed by atoms with Crippen molar-refractivity contribution in [3.63, 3.8) is 0 Å². The molecule has 0 spiro atoms. The van der Waals surface area contributed by atoms with Crippen LogP contribution in [0, 0.1) is 31.6 Å². The summed E-state index contributed by atoms with van der Waals surface area (Å²) in [5.41, 5.74) is 3.01. The maximum atomic E-state index is 13.7. The predicted octanol–water partition coefficient (Wildman–Crippen LogP) is 4.74. The monoisotopic (exact) mass is 625 g/mol. The fraction of sp³-hybridized carbons (Fsp3) is 0.472. The number of amides is 2. The van der Waals surface area contributed by atoms with Crippen molar-refractivity contribution in [3.05, 3.63) is 88.7 Å². The Hall–Kier alpha value is -4.31. The Morgan fingerprint density at radius 1 is 0.870 bits per heavy atom. The molecular weight excluding hydrogens is 582 g/mol. The summed E-state index contributed by atoms with van der Waals surface area (Å²) < 4.78 is 5.70. The zero-order valence-electron chi connectivity index (χ0n) is 26.6. The predicted molar refractivity (Wildman–Crippen MR) is 172 cm³/mol. The van der Waals surface area contributed by atoms with E-state index in [1.165, 1.54) is 0 Å². The highest BCUT2D eigenvalue weighted by atomic mass is 16.5. The van der Waals surface area contributed by atoms with E-state index < -0.39 is 12.1 Å². The largest absolute Gasteiger partial charge is 0.478 e. The van der Waals surface area contributed by atoms with Gasteiger partial charge in [-0.3, -0.25) is 9.59 Å². The number of carboxylic acid groups (broad SMARTS) is 1. The Morgan fingerprint density at radius 3 is 2.00 bits per heavy atom. The van der Waals surface area contributed by atoms with Gasteiger partial charge in [-0.05, 0) is 50.5 Å². The number of nitrogens with zero attached hydrogens (tertiary/aromatic N) is 4. The third kappa shape index (κ3) is 7.07. The molecule has 3 fully saturated rings. The maximum absolute atomic E-state index is 13.7. The van der Waals surface area contributed by atoms with Crippen molar-refractivity contribution < 1.29 is 24.2 Å². The number of likely N-dealkylation sites (tertiary alicyclic amines) is 2. The Kier molecular flexibility index (Phi) is 9.63. The molecule has 46 heavy (non-hydrogen) atoms. The van der Waals surface area contributed by atoms with Crippen molar-refractivity contribution in [3.8, 4) is 6.01 Å². The molecule has 2 aromatic carbocycles. The standard InChI is InChI=1S/C36H43N5O5/c1-23-31(24(2)38-36(37-23)46-32(35(44)45)26-13-7-4-8-14-26)34(43)41-21-28-19-40(20-29(28)22-41)18-17-30(25-11-5-3-6-12-25)39-33(42)27-15-9-10-16-27/h3-8,11-14,27-30,32H,9-10,15-22H2,1-2H3,(H,39,42)(H,44,45)/t28?,29?,30-,32+/m0/s1. The number of fused-ring (bicyclic) bond motifs is 1. The summed E-state index contributed by atoms with van der Waals surface area (Å²) in [5, 5.41) is 13.1. The van der Waals surface area contributed by atoms with Crippen molar-refractivity contribution in [2.75, 3.05) is 32.7 Å². The number of carboxylic acids is 1. The topological polar surface area (TPSA) is 125 Å². The van der Waals surface area contributed by atoms with E-state index in [9.17, 15) is 19.5 Å². The maximum Gasteiger partial charge on any atom is 0.349 e. The Bertz CT molecular complexity index is 1510. The highest BCUT2D eigenvalue weighted by Gasteiger charge is 2.42. The van der Waals surface area contributed by atoms with Crippen LogP contribution in [0.5, 0.6) is 6.01 Å². The number of benzene rings is 2. The van der Waals surface area contributed by atoms with Gasteiger partial charge in [-0.1, -0.05) is 73.5 Å². The number of rotatable bonds is 11. The molecule has 10 heteroatoms. The number of aryl methyl sites for hydroxylation is 2. The second-order valence-corrected chi connectivity index (χ2v) is 13.0. The summed E-state index contributed by atoms with van der Waals surface area (Å²) in [6.07, 6.45) is 3.84. The molecule has 2 N–H and O–H groups in total. The van der Waals surface area contributed by atoms with Crippen LogP contribution in [0.25, 0.3) is 0 Å². The van der Waals surface area contributed by atoms with Crippen LogP contribution < -0.4 is 10.1 Å². The molecule has 6 rings (SSSR count). The first-order valence-electron chi connectivity index (χ1n) is 16.4. The minimum absolute atomic E-state index is 0.0100. The number of carbonyl (C=O) groups is 3. The number of aliphatic carboxylic acids is 1. The molecule has 3 aromatic rings. The number of ether oxygens (including phenoxy) is 1. The quantitative estimate of drug-likeness (QED) is 0.313. The van der Waals surface area contributed by atoms with E-state index in [4.69, 9.17) is 4.74 Å². The van der Waals surface area contributed by atoms with Crippen molar-refractivity contribution in [2.24, 2.45) is 17.8 Å². The van der Waals surface area contributed by atoms with E-state index >= 15 is 0 Å². The molecule has 4 atom stereocenters. The Balaban J connectivity index is 1.05. The smallest absolute Gasteiger partial charge is 0.349 e. The number of hydrogen-bond donors (Lipinski definition) is 2. The minimum Gasteiger partial charge on any atom is -0.478 e. The van der Waals surface area contributed by atoms with Gasteiger partial charge in [-0.25, -0.2) is 4.79 Å². The second-order valence-electron chi connectivity index (χ2n) is 13.0. The molecule has 2 aliphatic heterocycles. The molecule has 242 valence electrons. The van der Waals surface area contributed by atoms with Crippen LogP contribution in [-0.4, -0.2) is 75.4 Å². The lowest BCUT2D eigenvalue weighted by atomic mass is 10.0. The number of aromatic nitrogens is 2. The lowest BCUT2D eigenvalue weighted by Crippen LogP contribution is -2.37. The summed E-state index contributed by atoms with van der Waals surface area (Å²) in [5.74, 6) is -0.146. The molecule has 1 aromatic heterocycles. The fourth-order valence-electron chi connectivity index (χ4n) is 7.44. The van der Waals surface area contributed by atoms with Crippen molar-refractivity contribution in [2.45, 2.75) is 58.1 Å². The summed E-state index contributed by atoms with van der Waals surface area (Å²) >= 11 is 0. The average molecular weight is 626 g/mol. The normalized spacial score (nSPS) is 21.1. The molecule has 3 aliphatic rings. The van der Waals surface area contributed by atoms with E-state index in [0.717, 1.165) is 57.3 Å². The van der Waals surface area contributed by atoms with E-state index in [1.807, 2.05) is 23.1 Å². The molecule has 3 heterocycles. The molecule has 1 aliphatic carbocycles. The van der Waals surface area contributed by atoms with Crippen LogP contribution in [0.1, 0.15) is 77.1 Å². The van der Waals surface area contributed by atoms with Crippen LogP contribution in [0.3, 0.4) is 0 Å². The summed E-state index contributed by atoms with van der Waals surface area (Å²) in [6.45, 7) is 7.55. The van der Waals surface area contributed by atoms with Gasteiger partial charge in [-0.2, -0.15) is 9.97 Å². The lowest BCUT2D eigenvalue weighted by Gasteiger charge is -2.26. The van der Waals surface area contributed by atoms with Gasteiger partial charge in [0.25, 0.3) is 5.91 Å². The third-order valence-corrected chi connectivity index (χ3v) is 9.84. The van der Waals surface area contributed by atoms with E-state index in [-0.39, 0.29) is 29.8 Å². The van der Waals surface area contributed by atoms with Gasteiger partial charge in [-0.15, -0.1) is 0 Å². The van der Waals surface area contributed by atoms with Crippen molar-refractivity contribution in [1.29, 1.82) is 0 Å². The van der Waals surface area contributed by atoms with Gasteiger partial charge in [0.1, 0.15) is 0 Å². The number of hydrogen-bond acceptors (Lipinski definition) is 7. The summed E-state index contributed by atoms with van der Waals surface area (Å²) in [7, 11) is 0. The highest BCUT2D eigenvalue weighted by molar-refractivity contribution is 5.96. The van der Waals surface area contributed by atoms with Gasteiger partial charge in [0.15, 0.2) is 0 Å². The average Bonchev–Trinajstić information content (AvgIpc) is 3.80. The summed E-state index contributed by atoms with van der Waals surface area (Å²) in [4.78, 5) is 51.8. The van der Waals surface area contributed by atoms with Gasteiger partial charge in [0.2, 0.25) is 12.0 Å². The number of carbonyl (C=O) groups excluding carboxylic acids is 2. The van der Waals surface area contributed by atoms with E-state index in [0.29, 0.717) is 47.4 Å². The first-order valence-corrected chi connectivity index (χ1v) is 16.4. The second kappa shape index (κ2) is 14.0. The zero-order valence-corrected chi connectivity index (χ0v) is 26.6. The van der Waals surface area contributed by atoms with Crippen LogP contribution in [0.2, 0.25) is 0 Å². The first-order chi connectivity index (χ1) is 22.3. The van der Waals surface area contributed by atoms with Crippen LogP contribution in [-0.2, 0) is 9.59 Å². The van der Waals surface area contributed by atoms with Crippen LogP contribution in [0.4, 0.5) is 0 Å². The van der Waals surface area contributed by atoms with E-state index in [1.54, 1.807) is 44.2 Å². The summed E-state index contributed by atoms with van der Waals surface area (Å²) in [6, 6.07) is 18.8. The van der Waals surface area contributed by atoms with Crippen LogP contribution in [0.15, 0.2) is 60.7 Å². The lowest BCUT2D eigenvalue weighted by molar-refractivity contribution is -0.145. The van der Waals surface area contributed by atoms with E-state index in [2.05, 4.69) is 32.3 Å². The molecule has 2 saturated heterocycles. The SMILES string of the molecule is Cc1nc(O[C@@H](C(=O)O)c2ccccc2)nc(C)c1C(=O)N1CC2CN(CC[C@H](NC(=O)C3CCCC3)c3ccccc3)CC2C1. The third-order valence-electron chi connectivity index (χ3n) is 9.84. The Morgan fingerprint density at radius 2 is 1.43 bits per heavy atom. The molecule has 1 saturated carbocycles. The minimum atomic E-state index is -1.26. The van der Waals surface area contributed by atoms with Gasteiger partial charge < -0.3 is 25.0 Å². The van der Waals surface area contributed by atoms with Crippen molar-refractivity contribution >= 4 is 17.8 Å². The van der Waals surface area contributed by atoms with Crippen molar-refractivity contribution in [1.82, 2.24) is 25.1 Å². The highest BCUT2D eigenvalue weighted by Crippen LogP contribution is 2.34. The zero-order chi connectivity index (χ0) is 32.2. The molecule has 2 unspecified atom stereocenters. The fourth-order valence-corrected chi connectivity index (χ4v) is 7.44. The van der Waals surface area contributed by atoms with Gasteiger partial charge in [0.05, 0.1) is 23.0 Å². The molecule has 0 radical (unpaired) electrons. The first kappa shape index (κ1) is 31.7. The molecule has 10 nitrogen and oxygen atoms in total. The molecular formula is C36H43N5O5.